The molecule has 2 rings (SSSR count). The van der Waals surface area contributed by atoms with Crippen LogP contribution in [0, 0.1) is 19.3 Å². The molecule has 94 valence electrons. The zero-order chi connectivity index (χ0) is 12.5. The van der Waals surface area contributed by atoms with Crippen LogP contribution in [0.4, 0.5) is 0 Å². The largest absolute Gasteiger partial charge is 0.372 e. The number of hydrogen-bond acceptors (Lipinski definition) is 2. The van der Waals surface area contributed by atoms with E-state index in [-0.39, 0.29) is 11.5 Å². The molecule has 0 saturated carbocycles. The molecule has 1 atom stereocenters. The highest BCUT2D eigenvalue weighted by atomic mass is 16.5. The van der Waals surface area contributed by atoms with Gasteiger partial charge in [0.25, 0.3) is 0 Å². The predicted octanol–water partition coefficient (Wildman–Crippen LogP) is 2.99. The molecule has 1 fully saturated rings. The SMILES string of the molecule is Cc1ccc(C2CNCC(C)(C)CO2)c(C)c1. The van der Waals surface area contributed by atoms with Gasteiger partial charge in [-0.3, -0.25) is 0 Å². The molecule has 1 heterocycles. The molecule has 17 heavy (non-hydrogen) atoms. The highest BCUT2D eigenvalue weighted by Gasteiger charge is 2.26. The maximum Gasteiger partial charge on any atom is 0.0952 e. The third kappa shape index (κ3) is 3.08. The van der Waals surface area contributed by atoms with Gasteiger partial charge >= 0.3 is 0 Å². The number of nitrogens with one attached hydrogen (secondary N) is 1. The Morgan fingerprint density at radius 3 is 2.76 bits per heavy atom. The van der Waals surface area contributed by atoms with Crippen molar-refractivity contribution in [2.24, 2.45) is 5.41 Å². The maximum atomic E-state index is 6.06. The van der Waals surface area contributed by atoms with E-state index in [1.807, 2.05) is 0 Å². The Labute approximate surface area is 104 Å². The normalized spacial score (nSPS) is 24.4. The smallest absolute Gasteiger partial charge is 0.0952 e. The summed E-state index contributed by atoms with van der Waals surface area (Å²) >= 11 is 0. The van der Waals surface area contributed by atoms with Gasteiger partial charge in [-0.25, -0.2) is 0 Å². The lowest BCUT2D eigenvalue weighted by atomic mass is 9.95. The second-order valence-corrected chi connectivity index (χ2v) is 5.95. The van der Waals surface area contributed by atoms with Crippen LogP contribution in [0.3, 0.4) is 0 Å². The summed E-state index contributed by atoms with van der Waals surface area (Å²) < 4.78 is 6.06. The highest BCUT2D eigenvalue weighted by molar-refractivity contribution is 5.32. The summed E-state index contributed by atoms with van der Waals surface area (Å²) in [7, 11) is 0. The van der Waals surface area contributed by atoms with Crippen LogP contribution >= 0.6 is 0 Å². The molecule has 1 saturated heterocycles. The third-order valence-electron chi connectivity index (χ3n) is 3.38. The molecule has 1 aromatic carbocycles. The second kappa shape index (κ2) is 4.79. The fraction of sp³-hybridized carbons (Fsp3) is 0.600. The summed E-state index contributed by atoms with van der Waals surface area (Å²) in [6, 6.07) is 6.60. The van der Waals surface area contributed by atoms with Crippen molar-refractivity contribution in [3.8, 4) is 0 Å². The van der Waals surface area contributed by atoms with Gasteiger partial charge in [0.15, 0.2) is 0 Å². The molecular weight excluding hydrogens is 210 g/mol. The Balaban J connectivity index is 2.17. The summed E-state index contributed by atoms with van der Waals surface area (Å²) in [5, 5.41) is 3.50. The van der Waals surface area contributed by atoms with Gasteiger partial charge in [-0.1, -0.05) is 37.6 Å². The molecule has 1 aliphatic heterocycles. The number of rotatable bonds is 1. The molecule has 1 aliphatic rings. The number of hydrogen-bond donors (Lipinski definition) is 1. The molecule has 0 aliphatic carbocycles. The molecule has 0 amide bonds. The first-order chi connectivity index (χ1) is 7.98. The van der Waals surface area contributed by atoms with Crippen molar-refractivity contribution < 1.29 is 4.74 Å². The summed E-state index contributed by atoms with van der Waals surface area (Å²) in [5.41, 5.74) is 4.19. The second-order valence-electron chi connectivity index (χ2n) is 5.95. The van der Waals surface area contributed by atoms with Crippen LogP contribution in [0.5, 0.6) is 0 Å². The first kappa shape index (κ1) is 12.6. The summed E-state index contributed by atoms with van der Waals surface area (Å²) in [4.78, 5) is 0. The molecule has 1 aromatic rings. The van der Waals surface area contributed by atoms with Gasteiger partial charge < -0.3 is 10.1 Å². The number of aryl methyl sites for hydroxylation is 2. The fourth-order valence-electron chi connectivity index (χ4n) is 2.36. The van der Waals surface area contributed by atoms with Crippen molar-refractivity contribution in [3.05, 3.63) is 34.9 Å². The fourth-order valence-corrected chi connectivity index (χ4v) is 2.36. The van der Waals surface area contributed by atoms with E-state index >= 15 is 0 Å². The molecule has 0 spiro atoms. The van der Waals surface area contributed by atoms with Crippen LogP contribution in [0.1, 0.15) is 36.6 Å². The van der Waals surface area contributed by atoms with Crippen LogP contribution in [0.2, 0.25) is 0 Å². The van der Waals surface area contributed by atoms with Gasteiger partial charge in [-0.05, 0) is 25.0 Å². The van der Waals surface area contributed by atoms with Crippen molar-refractivity contribution in [3.63, 3.8) is 0 Å². The first-order valence-electron chi connectivity index (χ1n) is 6.37. The van der Waals surface area contributed by atoms with Gasteiger partial charge in [0.05, 0.1) is 12.7 Å². The average Bonchev–Trinajstić information content (AvgIpc) is 2.40. The van der Waals surface area contributed by atoms with E-state index in [1.54, 1.807) is 0 Å². The maximum absolute atomic E-state index is 6.06. The minimum atomic E-state index is 0.192. The van der Waals surface area contributed by atoms with E-state index in [4.69, 9.17) is 4.74 Å². The summed E-state index contributed by atoms with van der Waals surface area (Å²) in [5.74, 6) is 0. The molecule has 0 radical (unpaired) electrons. The topological polar surface area (TPSA) is 21.3 Å². The van der Waals surface area contributed by atoms with E-state index in [9.17, 15) is 0 Å². The minimum Gasteiger partial charge on any atom is -0.372 e. The van der Waals surface area contributed by atoms with Gasteiger partial charge in [0.2, 0.25) is 0 Å². The summed E-state index contributed by atoms with van der Waals surface area (Å²) in [6.07, 6.45) is 0.192. The lowest BCUT2D eigenvalue weighted by molar-refractivity contribution is 0.0257. The quantitative estimate of drug-likeness (QED) is 0.805. The standard InChI is InChI=1S/C15H23NO/c1-11-5-6-13(12(2)7-11)14-8-16-9-15(3,4)10-17-14/h5-7,14,16H,8-10H2,1-4H3. The van der Waals surface area contributed by atoms with Crippen molar-refractivity contribution in [2.45, 2.75) is 33.8 Å². The van der Waals surface area contributed by atoms with Crippen molar-refractivity contribution in [2.75, 3.05) is 19.7 Å². The minimum absolute atomic E-state index is 0.192. The van der Waals surface area contributed by atoms with Crippen LogP contribution in [-0.2, 0) is 4.74 Å². The number of benzene rings is 1. The van der Waals surface area contributed by atoms with Gasteiger partial charge in [0, 0.05) is 18.5 Å². The van der Waals surface area contributed by atoms with Crippen molar-refractivity contribution >= 4 is 0 Å². The Hall–Kier alpha value is -0.860. The molecule has 1 unspecified atom stereocenters. The zero-order valence-corrected chi connectivity index (χ0v) is 11.3. The molecular formula is C15H23NO. The van der Waals surface area contributed by atoms with E-state index in [2.05, 4.69) is 51.2 Å². The van der Waals surface area contributed by atoms with Crippen molar-refractivity contribution in [1.82, 2.24) is 5.32 Å². The summed E-state index contributed by atoms with van der Waals surface area (Å²) in [6.45, 7) is 11.5. The average molecular weight is 233 g/mol. The van der Waals surface area contributed by atoms with Crippen LogP contribution in [0.15, 0.2) is 18.2 Å². The lowest BCUT2D eigenvalue weighted by Gasteiger charge is -2.22. The third-order valence-corrected chi connectivity index (χ3v) is 3.38. The van der Waals surface area contributed by atoms with E-state index in [0.717, 1.165) is 19.7 Å². The zero-order valence-electron chi connectivity index (χ0n) is 11.3. The molecule has 0 bridgehead atoms. The molecule has 2 heteroatoms. The van der Waals surface area contributed by atoms with Crippen molar-refractivity contribution in [1.29, 1.82) is 0 Å². The monoisotopic (exact) mass is 233 g/mol. The van der Waals surface area contributed by atoms with Gasteiger partial charge in [0.1, 0.15) is 0 Å². The van der Waals surface area contributed by atoms with Crippen LogP contribution in [-0.4, -0.2) is 19.7 Å². The van der Waals surface area contributed by atoms with Gasteiger partial charge in [-0.2, -0.15) is 0 Å². The molecule has 1 N–H and O–H groups in total. The van der Waals surface area contributed by atoms with Crippen LogP contribution in [0.25, 0.3) is 0 Å². The van der Waals surface area contributed by atoms with Crippen LogP contribution < -0.4 is 5.32 Å². The van der Waals surface area contributed by atoms with E-state index < -0.39 is 0 Å². The van der Waals surface area contributed by atoms with E-state index in [1.165, 1.54) is 16.7 Å². The molecule has 0 aromatic heterocycles. The van der Waals surface area contributed by atoms with Gasteiger partial charge in [-0.15, -0.1) is 0 Å². The first-order valence-corrected chi connectivity index (χ1v) is 6.37. The predicted molar refractivity (Wildman–Crippen MR) is 71.3 cm³/mol. The lowest BCUT2D eigenvalue weighted by Crippen LogP contribution is -2.29. The molecule has 2 nitrogen and oxygen atoms in total. The van der Waals surface area contributed by atoms with E-state index in [0.29, 0.717) is 0 Å². The Bertz CT molecular complexity index is 398. The Morgan fingerprint density at radius 2 is 2.06 bits per heavy atom. The highest BCUT2D eigenvalue weighted by Crippen LogP contribution is 2.27. The Kier molecular flexibility index (Phi) is 3.55. The Morgan fingerprint density at radius 1 is 1.29 bits per heavy atom. The number of ether oxygens (including phenoxy) is 1.